The van der Waals surface area contributed by atoms with Gasteiger partial charge in [-0.15, -0.1) is 0 Å². The molecule has 1 saturated heterocycles. The van der Waals surface area contributed by atoms with Crippen molar-refractivity contribution in [1.29, 1.82) is 0 Å². The molecule has 4 atom stereocenters. The number of hydrogen-bond acceptors (Lipinski definition) is 6. The van der Waals surface area contributed by atoms with Gasteiger partial charge in [-0.05, 0) is 50.6 Å². The fraction of sp³-hybridized carbons (Fsp3) is 0.891. The van der Waals surface area contributed by atoms with E-state index in [2.05, 4.69) is 38.1 Å². The Morgan fingerprint density at radius 3 is 1.56 bits per heavy atom. The van der Waals surface area contributed by atoms with Gasteiger partial charge >= 0.3 is 5.69 Å². The van der Waals surface area contributed by atoms with E-state index in [1.165, 1.54) is 146 Å². The van der Waals surface area contributed by atoms with Crippen molar-refractivity contribution in [1.82, 2.24) is 14.9 Å². The van der Waals surface area contributed by atoms with Crippen LogP contribution in [0.4, 0.5) is 0 Å². The van der Waals surface area contributed by atoms with Gasteiger partial charge in [0.15, 0.2) is 6.29 Å². The molecule has 0 aromatic carbocycles. The predicted molar refractivity (Wildman–Crippen MR) is 233 cm³/mol. The lowest BCUT2D eigenvalue weighted by Gasteiger charge is -2.27. The zero-order valence-corrected chi connectivity index (χ0v) is 37.6. The first-order valence-corrected chi connectivity index (χ1v) is 23.0. The predicted octanol–water partition coefficient (Wildman–Crippen LogP) is 12.3. The van der Waals surface area contributed by atoms with E-state index in [0.717, 1.165) is 12.8 Å². The second-order valence-corrected chi connectivity index (χ2v) is 14.9. The van der Waals surface area contributed by atoms with Crippen molar-refractivity contribution < 1.29 is 14.3 Å². The van der Waals surface area contributed by atoms with Crippen molar-refractivity contribution in [2.24, 2.45) is 23.7 Å². The van der Waals surface area contributed by atoms with Crippen LogP contribution in [-0.4, -0.2) is 49.3 Å². The van der Waals surface area contributed by atoms with E-state index in [1.54, 1.807) is 7.11 Å². The van der Waals surface area contributed by atoms with E-state index in [4.69, 9.17) is 9.47 Å². The average molecular weight is 766 g/mol. The number of nitrogens with zero attached hydrogens (tertiary/aromatic N) is 1. The van der Waals surface area contributed by atoms with Gasteiger partial charge in [-0.25, -0.2) is 4.79 Å². The first kappa shape index (κ1) is 54.3. The number of methoxy groups -OCH3 is 1. The summed E-state index contributed by atoms with van der Waals surface area (Å²) < 4.78 is 12.9. The highest BCUT2D eigenvalue weighted by Crippen LogP contribution is 2.54. The molecule has 4 unspecified atom stereocenters. The molecule has 2 aliphatic rings. The van der Waals surface area contributed by atoms with E-state index in [1.807, 2.05) is 41.5 Å². The lowest BCUT2D eigenvalue weighted by molar-refractivity contribution is -0.0507. The summed E-state index contributed by atoms with van der Waals surface area (Å²) in [6, 6.07) is 0. The Labute approximate surface area is 334 Å². The maximum Gasteiger partial charge on any atom is 0.330 e. The summed E-state index contributed by atoms with van der Waals surface area (Å²) in [5.41, 5.74) is -1.27. The normalized spacial score (nSPS) is 18.7. The fourth-order valence-electron chi connectivity index (χ4n) is 7.60. The van der Waals surface area contributed by atoms with Gasteiger partial charge in [0.1, 0.15) is 6.23 Å². The number of unbranched alkanes of at least 4 members (excludes halogenated alkanes) is 19. The van der Waals surface area contributed by atoms with E-state index in [-0.39, 0.29) is 23.5 Å². The van der Waals surface area contributed by atoms with E-state index < -0.39 is 17.5 Å². The van der Waals surface area contributed by atoms with Crippen molar-refractivity contribution in [3.8, 4) is 0 Å². The van der Waals surface area contributed by atoms with Crippen molar-refractivity contribution in [3.05, 3.63) is 32.6 Å². The van der Waals surface area contributed by atoms with Crippen LogP contribution in [-0.2, 0) is 9.47 Å². The number of hydrogen-bond donors (Lipinski definition) is 2. The van der Waals surface area contributed by atoms with Crippen molar-refractivity contribution in [2.75, 3.05) is 27.3 Å². The Bertz CT molecular complexity index is 1050. The van der Waals surface area contributed by atoms with Crippen molar-refractivity contribution >= 4 is 6.29 Å². The molecular formula is C46H91N3O5. The molecule has 1 aliphatic heterocycles. The Balaban J connectivity index is 0. The van der Waals surface area contributed by atoms with Crippen LogP contribution >= 0.6 is 0 Å². The van der Waals surface area contributed by atoms with Gasteiger partial charge in [-0.3, -0.25) is 19.1 Å². The molecular weight excluding hydrogens is 675 g/mol. The number of nitrogens with one attached hydrogen (secondary N) is 2. The topological polar surface area (TPSA) is 102 Å². The van der Waals surface area contributed by atoms with Crippen LogP contribution in [0, 0.1) is 23.7 Å². The maximum absolute atomic E-state index is 12.3. The van der Waals surface area contributed by atoms with Gasteiger partial charge in [0.25, 0.3) is 5.56 Å². The quantitative estimate of drug-likeness (QED) is 0.0683. The van der Waals surface area contributed by atoms with E-state index >= 15 is 0 Å². The van der Waals surface area contributed by atoms with Gasteiger partial charge in [-0.2, -0.15) is 0 Å². The highest BCUT2D eigenvalue weighted by molar-refractivity contribution is 5.73. The summed E-state index contributed by atoms with van der Waals surface area (Å²) >= 11 is 0. The molecule has 2 fully saturated rings. The van der Waals surface area contributed by atoms with Crippen molar-refractivity contribution in [2.45, 2.75) is 216 Å². The summed E-state index contributed by atoms with van der Waals surface area (Å²) in [5, 5.41) is 3.23. The Morgan fingerprint density at radius 1 is 0.778 bits per heavy atom. The molecule has 320 valence electrons. The number of ether oxygens (including phenoxy) is 2. The van der Waals surface area contributed by atoms with Gasteiger partial charge < -0.3 is 14.8 Å². The van der Waals surface area contributed by atoms with Gasteiger partial charge in [0, 0.05) is 19.2 Å². The molecule has 0 amide bonds. The summed E-state index contributed by atoms with van der Waals surface area (Å²) in [5.74, 6) is 1.32. The SMILES string of the molecule is CC.CC.CC.CCCCCCCCCCCCCCCCCCCCCCNC.COCC1OC(n2cc(C=O)c(=O)[nH]c2=O)C(C2CC2)C1C(C)C. The largest absolute Gasteiger partial charge is 0.382 e. The summed E-state index contributed by atoms with van der Waals surface area (Å²) in [4.78, 5) is 37.2. The standard InChI is InChI=1S/C23H49N.C17H24N2O5.3C2H6/c1-3-4-5-6-7-8-9-10-11-12-13-14-15-16-17-18-19-20-21-22-23-24-2;1-9(2)13-12(8-23-3)24-16(14(13)10-4-5-10)19-6-11(7-20)15(21)18-17(19)22;3*1-2/h24H,3-23H2,1-2H3;6-7,9-10,12-14,16H,4-5,8H2,1-3H3,(H,18,21,22);3*1-2H3. The Hall–Kier alpha value is -1.77. The second kappa shape index (κ2) is 38.1. The Morgan fingerprint density at radius 2 is 1.20 bits per heavy atom. The summed E-state index contributed by atoms with van der Waals surface area (Å²) in [6.07, 6.45) is 32.7. The minimum atomic E-state index is -0.666. The smallest absolute Gasteiger partial charge is 0.330 e. The number of carbonyl (C=O) groups is 1. The second-order valence-electron chi connectivity index (χ2n) is 14.9. The molecule has 0 spiro atoms. The van der Waals surface area contributed by atoms with Gasteiger partial charge in [0.05, 0.1) is 18.3 Å². The van der Waals surface area contributed by atoms with E-state index in [0.29, 0.717) is 24.7 Å². The third-order valence-electron chi connectivity index (χ3n) is 10.5. The van der Waals surface area contributed by atoms with Crippen LogP contribution < -0.4 is 16.6 Å². The number of aldehydes is 1. The van der Waals surface area contributed by atoms with E-state index in [9.17, 15) is 14.4 Å². The molecule has 1 aromatic rings. The van der Waals surface area contributed by atoms with Crippen LogP contribution in [0.3, 0.4) is 0 Å². The molecule has 1 aliphatic carbocycles. The lowest BCUT2D eigenvalue weighted by atomic mass is 9.78. The molecule has 8 heteroatoms. The van der Waals surface area contributed by atoms with Gasteiger partial charge in [0.2, 0.25) is 0 Å². The van der Waals surface area contributed by atoms with Gasteiger partial charge in [-0.1, -0.05) is 184 Å². The lowest BCUT2D eigenvalue weighted by Crippen LogP contribution is -2.37. The number of rotatable bonds is 27. The third kappa shape index (κ3) is 24.0. The summed E-state index contributed by atoms with van der Waals surface area (Å²) in [7, 11) is 3.69. The zero-order chi connectivity index (χ0) is 41.0. The van der Waals surface area contributed by atoms with Crippen LogP contribution in [0.15, 0.2) is 15.8 Å². The first-order chi connectivity index (χ1) is 26.4. The minimum Gasteiger partial charge on any atom is -0.382 e. The van der Waals surface area contributed by atoms with Crippen LogP contribution in [0.5, 0.6) is 0 Å². The van der Waals surface area contributed by atoms with Crippen molar-refractivity contribution in [3.63, 3.8) is 0 Å². The molecule has 2 N–H and O–H groups in total. The molecule has 8 nitrogen and oxygen atoms in total. The average Bonchev–Trinajstić information content (AvgIpc) is 3.97. The third-order valence-corrected chi connectivity index (χ3v) is 10.5. The molecule has 3 rings (SSSR count). The monoisotopic (exact) mass is 766 g/mol. The maximum atomic E-state index is 12.3. The zero-order valence-electron chi connectivity index (χ0n) is 37.6. The molecule has 1 aromatic heterocycles. The minimum absolute atomic E-state index is 0.0657. The summed E-state index contributed by atoms with van der Waals surface area (Å²) in [6.45, 7) is 20.3. The highest BCUT2D eigenvalue weighted by Gasteiger charge is 2.52. The number of aromatic nitrogens is 2. The number of carbonyl (C=O) groups excluding carboxylic acids is 1. The molecule has 1 saturated carbocycles. The molecule has 54 heavy (non-hydrogen) atoms. The molecule has 0 bridgehead atoms. The van der Waals surface area contributed by atoms with Crippen LogP contribution in [0.25, 0.3) is 0 Å². The molecule has 2 heterocycles. The Kier molecular flexibility index (Phi) is 38.4. The number of aromatic amines is 1. The first-order valence-electron chi connectivity index (χ1n) is 23.0. The fourth-order valence-corrected chi connectivity index (χ4v) is 7.60. The van der Waals surface area contributed by atoms with Crippen LogP contribution in [0.2, 0.25) is 0 Å². The molecule has 0 radical (unpaired) electrons. The number of H-pyrrole nitrogens is 1. The highest BCUT2D eigenvalue weighted by atomic mass is 16.5. The van der Waals surface area contributed by atoms with Crippen LogP contribution in [0.1, 0.15) is 220 Å².